The Bertz CT molecular complexity index is 596. The van der Waals surface area contributed by atoms with E-state index >= 15 is 0 Å². The third-order valence-electron chi connectivity index (χ3n) is 2.27. The summed E-state index contributed by atoms with van der Waals surface area (Å²) >= 11 is 0. The molecule has 2 aromatic heterocycles. The van der Waals surface area contributed by atoms with Crippen LogP contribution in [0.4, 0.5) is 11.8 Å². The number of nitrogens with two attached hydrogens (primary N) is 2. The molecule has 0 bridgehead atoms. The van der Waals surface area contributed by atoms with Crippen molar-refractivity contribution < 1.29 is 14.3 Å². The average molecular weight is 266 g/mol. The third kappa shape index (κ3) is 3.07. The minimum absolute atomic E-state index is 0.0756. The largest absolute Gasteiger partial charge is 0.463 e. The molecule has 0 atom stereocenters. The van der Waals surface area contributed by atoms with Crippen LogP contribution < -0.4 is 11.5 Å². The van der Waals surface area contributed by atoms with Gasteiger partial charge in [-0.25, -0.2) is 4.98 Å². The number of nitrogen functional groups attached to an aromatic ring is 2. The van der Waals surface area contributed by atoms with Crippen LogP contribution in [0.15, 0.2) is 6.33 Å². The van der Waals surface area contributed by atoms with Gasteiger partial charge in [-0.15, -0.1) is 0 Å². The fourth-order valence-electron chi connectivity index (χ4n) is 1.49. The molecular formula is C10H14N6O3. The first-order valence-electron chi connectivity index (χ1n) is 5.53. The van der Waals surface area contributed by atoms with Crippen LogP contribution in [0, 0.1) is 0 Å². The van der Waals surface area contributed by atoms with Gasteiger partial charge >= 0.3 is 5.97 Å². The number of anilines is 2. The summed E-state index contributed by atoms with van der Waals surface area (Å²) in [7, 11) is 0. The number of carbonyl (C=O) groups excluding carboxylic acids is 1. The van der Waals surface area contributed by atoms with Crippen LogP contribution in [-0.4, -0.2) is 38.7 Å². The molecular weight excluding hydrogens is 252 g/mol. The van der Waals surface area contributed by atoms with Gasteiger partial charge in [0.1, 0.15) is 18.9 Å². The van der Waals surface area contributed by atoms with Crippen LogP contribution in [0.1, 0.15) is 6.92 Å². The van der Waals surface area contributed by atoms with Gasteiger partial charge in [-0.1, -0.05) is 0 Å². The SMILES string of the molecule is CC(=O)OCCOCn1cnc2c(N)nc(N)nc21. The number of aromatic nitrogens is 4. The minimum atomic E-state index is -0.343. The normalized spacial score (nSPS) is 10.8. The molecule has 0 aliphatic heterocycles. The second kappa shape index (κ2) is 5.48. The topological polar surface area (TPSA) is 131 Å². The predicted octanol–water partition coefficient (Wildman–Crippen LogP) is -0.472. The van der Waals surface area contributed by atoms with Gasteiger partial charge in [0.15, 0.2) is 11.5 Å². The van der Waals surface area contributed by atoms with Gasteiger partial charge in [-0.05, 0) is 0 Å². The number of fused-ring (bicyclic) bond motifs is 1. The number of rotatable bonds is 5. The molecule has 0 radical (unpaired) electrons. The third-order valence-corrected chi connectivity index (χ3v) is 2.27. The molecule has 9 nitrogen and oxygen atoms in total. The Labute approximate surface area is 108 Å². The van der Waals surface area contributed by atoms with E-state index in [2.05, 4.69) is 15.0 Å². The van der Waals surface area contributed by atoms with Crippen molar-refractivity contribution >= 4 is 28.9 Å². The van der Waals surface area contributed by atoms with Crippen molar-refractivity contribution in [3.8, 4) is 0 Å². The van der Waals surface area contributed by atoms with E-state index in [1.807, 2.05) is 0 Å². The van der Waals surface area contributed by atoms with E-state index in [0.29, 0.717) is 11.2 Å². The number of nitrogens with zero attached hydrogens (tertiary/aromatic N) is 4. The lowest BCUT2D eigenvalue weighted by Gasteiger charge is -2.06. The molecule has 0 spiro atoms. The Kier molecular flexibility index (Phi) is 3.76. The van der Waals surface area contributed by atoms with Crippen molar-refractivity contribution in [2.24, 2.45) is 0 Å². The van der Waals surface area contributed by atoms with Crippen LogP contribution >= 0.6 is 0 Å². The van der Waals surface area contributed by atoms with Crippen LogP contribution in [0.2, 0.25) is 0 Å². The quantitative estimate of drug-likeness (QED) is 0.548. The van der Waals surface area contributed by atoms with E-state index in [1.165, 1.54) is 13.3 Å². The number of imidazole rings is 1. The molecule has 0 amide bonds. The number of hydrogen-bond donors (Lipinski definition) is 2. The van der Waals surface area contributed by atoms with Crippen LogP contribution in [0.25, 0.3) is 11.2 Å². The summed E-state index contributed by atoms with van der Waals surface area (Å²) in [5.74, 6) is -0.0437. The van der Waals surface area contributed by atoms with E-state index in [-0.39, 0.29) is 37.7 Å². The fraction of sp³-hybridized carbons (Fsp3) is 0.400. The standard InChI is InChI=1S/C10H14N6O3/c1-6(17)19-3-2-18-5-16-4-13-7-8(11)14-10(12)15-9(7)16/h4H,2-3,5H2,1H3,(H4,11,12,14,15). The number of ether oxygens (including phenoxy) is 2. The van der Waals surface area contributed by atoms with Crippen molar-refractivity contribution in [2.75, 3.05) is 24.7 Å². The number of hydrogen-bond acceptors (Lipinski definition) is 8. The fourth-order valence-corrected chi connectivity index (χ4v) is 1.49. The Morgan fingerprint density at radius 3 is 2.89 bits per heavy atom. The molecule has 0 fully saturated rings. The Hall–Kier alpha value is -2.42. The van der Waals surface area contributed by atoms with Crippen LogP contribution in [0.3, 0.4) is 0 Å². The molecule has 0 aliphatic rings. The molecule has 0 aromatic carbocycles. The maximum Gasteiger partial charge on any atom is 0.302 e. The second-order valence-corrected chi connectivity index (χ2v) is 3.73. The lowest BCUT2D eigenvalue weighted by Crippen LogP contribution is -2.10. The predicted molar refractivity (Wildman–Crippen MR) is 66.7 cm³/mol. The molecule has 19 heavy (non-hydrogen) atoms. The summed E-state index contributed by atoms with van der Waals surface area (Å²) < 4.78 is 11.7. The molecule has 2 rings (SSSR count). The van der Waals surface area contributed by atoms with Gasteiger partial charge in [0, 0.05) is 6.92 Å². The zero-order valence-electron chi connectivity index (χ0n) is 10.4. The first-order valence-corrected chi connectivity index (χ1v) is 5.53. The zero-order valence-corrected chi connectivity index (χ0v) is 10.4. The van der Waals surface area contributed by atoms with Gasteiger partial charge in [0.25, 0.3) is 0 Å². The highest BCUT2D eigenvalue weighted by Gasteiger charge is 2.09. The Balaban J connectivity index is 1.99. The van der Waals surface area contributed by atoms with Crippen LogP contribution in [0.5, 0.6) is 0 Å². The molecule has 4 N–H and O–H groups in total. The number of esters is 1. The highest BCUT2D eigenvalue weighted by atomic mass is 16.6. The van der Waals surface area contributed by atoms with E-state index in [1.54, 1.807) is 4.57 Å². The summed E-state index contributed by atoms with van der Waals surface area (Å²) in [6, 6.07) is 0. The minimum Gasteiger partial charge on any atom is -0.463 e. The van der Waals surface area contributed by atoms with E-state index in [9.17, 15) is 4.79 Å². The maximum atomic E-state index is 10.5. The van der Waals surface area contributed by atoms with Crippen molar-refractivity contribution in [1.29, 1.82) is 0 Å². The second-order valence-electron chi connectivity index (χ2n) is 3.73. The first kappa shape index (κ1) is 13.0. The van der Waals surface area contributed by atoms with Crippen molar-refractivity contribution in [2.45, 2.75) is 13.7 Å². The monoisotopic (exact) mass is 266 g/mol. The van der Waals surface area contributed by atoms with Gasteiger partial charge in [-0.2, -0.15) is 9.97 Å². The lowest BCUT2D eigenvalue weighted by atomic mass is 10.5. The molecule has 2 aromatic rings. The molecule has 0 unspecified atom stereocenters. The van der Waals surface area contributed by atoms with Gasteiger partial charge in [-0.3, -0.25) is 9.36 Å². The number of carbonyl (C=O) groups is 1. The summed E-state index contributed by atoms with van der Waals surface area (Å²) in [6.45, 7) is 2.01. The molecule has 0 saturated heterocycles. The Morgan fingerprint density at radius 1 is 1.37 bits per heavy atom. The summed E-state index contributed by atoms with van der Waals surface area (Å²) in [5.41, 5.74) is 12.2. The van der Waals surface area contributed by atoms with E-state index in [0.717, 1.165) is 0 Å². The summed E-state index contributed by atoms with van der Waals surface area (Å²) in [4.78, 5) is 22.5. The van der Waals surface area contributed by atoms with Crippen LogP contribution in [-0.2, 0) is 21.0 Å². The average Bonchev–Trinajstić information content (AvgIpc) is 2.72. The highest BCUT2D eigenvalue weighted by molar-refractivity contribution is 5.82. The van der Waals surface area contributed by atoms with E-state index < -0.39 is 0 Å². The highest BCUT2D eigenvalue weighted by Crippen LogP contribution is 2.16. The first-order chi connectivity index (χ1) is 9.08. The van der Waals surface area contributed by atoms with Crippen molar-refractivity contribution in [1.82, 2.24) is 19.5 Å². The molecule has 9 heteroatoms. The van der Waals surface area contributed by atoms with Crippen molar-refractivity contribution in [3.05, 3.63) is 6.33 Å². The Morgan fingerprint density at radius 2 is 2.16 bits per heavy atom. The molecule has 0 saturated carbocycles. The van der Waals surface area contributed by atoms with Crippen molar-refractivity contribution in [3.63, 3.8) is 0 Å². The molecule has 0 aliphatic carbocycles. The summed E-state index contributed by atoms with van der Waals surface area (Å²) in [5, 5.41) is 0. The smallest absolute Gasteiger partial charge is 0.302 e. The lowest BCUT2D eigenvalue weighted by molar-refractivity contribution is -0.142. The molecule has 2 heterocycles. The van der Waals surface area contributed by atoms with Gasteiger partial charge in [0.2, 0.25) is 5.95 Å². The van der Waals surface area contributed by atoms with Gasteiger partial charge < -0.3 is 20.9 Å². The maximum absolute atomic E-state index is 10.5. The zero-order chi connectivity index (χ0) is 13.8. The summed E-state index contributed by atoms with van der Waals surface area (Å²) in [6.07, 6.45) is 1.53. The van der Waals surface area contributed by atoms with E-state index in [4.69, 9.17) is 20.9 Å². The molecule has 102 valence electrons. The van der Waals surface area contributed by atoms with Gasteiger partial charge in [0.05, 0.1) is 12.9 Å².